The van der Waals surface area contributed by atoms with Crippen LogP contribution in [0.1, 0.15) is 157 Å². The van der Waals surface area contributed by atoms with E-state index >= 15 is 0 Å². The molecule has 0 aromatic heterocycles. The summed E-state index contributed by atoms with van der Waals surface area (Å²) in [6.07, 6.45) is 27.5. The van der Waals surface area contributed by atoms with Crippen molar-refractivity contribution in [2.75, 3.05) is 26.2 Å². The Morgan fingerprint density at radius 1 is 0.469 bits per heavy atom. The number of quaternary nitrogens is 1. The number of hydrogen-bond acceptors (Lipinski definition) is 2. The normalized spacial score (nSPS) is 11.3. The van der Waals surface area contributed by atoms with Gasteiger partial charge in [0.2, 0.25) is 0 Å². The summed E-state index contributed by atoms with van der Waals surface area (Å²) in [6.45, 7) is 16.0. The van der Waals surface area contributed by atoms with E-state index in [2.05, 4.69) is 27.7 Å². The molecule has 0 N–H and O–H groups in total. The average Bonchev–Trinajstić information content (AvgIpc) is 2.73. The molecule has 0 rings (SSSR count). The van der Waals surface area contributed by atoms with Crippen LogP contribution in [0.3, 0.4) is 0 Å². The number of carbonyl (C=O) groups excluding carboxylic acids is 1. The Balaban J connectivity index is 0. The fourth-order valence-electron chi connectivity index (χ4n) is 5.09. The molecule has 0 atom stereocenters. The molecule has 0 aliphatic carbocycles. The summed E-state index contributed by atoms with van der Waals surface area (Å²) < 4.78 is 1.40. The summed E-state index contributed by atoms with van der Waals surface area (Å²) in [5, 5.41) is 8.89. The Hall–Kier alpha value is -0.570. The van der Waals surface area contributed by atoms with Crippen LogP contribution in [-0.4, -0.2) is 36.6 Å². The van der Waals surface area contributed by atoms with Gasteiger partial charge in [-0.3, -0.25) is 0 Å². The van der Waals surface area contributed by atoms with Gasteiger partial charge in [0.05, 0.1) is 26.2 Å². The number of unbranched alkanes of at least 4 members (excludes halogenated alkanes) is 15. The van der Waals surface area contributed by atoms with E-state index in [-0.39, 0.29) is 0 Å². The maximum atomic E-state index is 8.89. The molecule has 0 aromatic carbocycles. The molecule has 0 bridgehead atoms. The van der Waals surface area contributed by atoms with Gasteiger partial charge < -0.3 is 14.4 Å². The van der Waals surface area contributed by atoms with Crippen molar-refractivity contribution in [2.45, 2.75) is 157 Å². The Kier molecular flexibility index (Phi) is 28.0. The van der Waals surface area contributed by atoms with Gasteiger partial charge >= 0.3 is 0 Å². The van der Waals surface area contributed by atoms with E-state index in [4.69, 9.17) is 9.90 Å². The van der Waals surface area contributed by atoms with Crippen LogP contribution < -0.4 is 5.11 Å². The van der Waals surface area contributed by atoms with Crippen LogP contribution in [0.4, 0.5) is 0 Å². The van der Waals surface area contributed by atoms with Gasteiger partial charge in [0.1, 0.15) is 0 Å². The van der Waals surface area contributed by atoms with E-state index in [0.717, 1.165) is 6.92 Å². The second kappa shape index (κ2) is 26.7. The third-order valence-electron chi connectivity index (χ3n) is 6.58. The summed E-state index contributed by atoms with van der Waals surface area (Å²) >= 11 is 0. The standard InChI is InChI=1S/C27H58N.C2H4O2/c1-5-9-10-11-12-13-14-15-16-17-18-19-20-21-22-23-27-28(24-6-2,25-7-3)26-8-4;1-2(3)4/h5-27H2,1-4H3;1H3,(H,3,4)/q+1;/p-1. The van der Waals surface area contributed by atoms with Crippen LogP contribution in [0, 0.1) is 0 Å². The Labute approximate surface area is 203 Å². The van der Waals surface area contributed by atoms with Crippen molar-refractivity contribution >= 4 is 5.97 Å². The highest BCUT2D eigenvalue weighted by molar-refractivity contribution is 5.60. The van der Waals surface area contributed by atoms with Gasteiger partial charge in [0, 0.05) is 5.97 Å². The molecule has 0 spiro atoms. The first-order chi connectivity index (χ1) is 15.5. The van der Waals surface area contributed by atoms with Gasteiger partial charge in [-0.2, -0.15) is 0 Å². The van der Waals surface area contributed by atoms with Crippen LogP contribution in [0.2, 0.25) is 0 Å². The van der Waals surface area contributed by atoms with Gasteiger partial charge in [-0.15, -0.1) is 0 Å². The molecule has 3 heteroatoms. The first-order valence-electron chi connectivity index (χ1n) is 14.5. The maximum absolute atomic E-state index is 8.89. The summed E-state index contributed by atoms with van der Waals surface area (Å²) in [5.74, 6) is -1.08. The number of hydrogen-bond donors (Lipinski definition) is 0. The summed E-state index contributed by atoms with van der Waals surface area (Å²) in [4.78, 5) is 8.89. The van der Waals surface area contributed by atoms with Gasteiger partial charge in [0.15, 0.2) is 0 Å². The van der Waals surface area contributed by atoms with Crippen molar-refractivity contribution in [3.05, 3.63) is 0 Å². The Bertz CT molecular complexity index is 349. The smallest absolute Gasteiger partial charge is 0.0786 e. The molecule has 0 fully saturated rings. The third-order valence-corrected chi connectivity index (χ3v) is 6.58. The number of carboxylic acid groups (broad SMARTS) is 1. The summed E-state index contributed by atoms with van der Waals surface area (Å²) in [6, 6.07) is 0. The number of aliphatic carboxylic acids is 1. The van der Waals surface area contributed by atoms with Crippen molar-refractivity contribution < 1.29 is 14.4 Å². The highest BCUT2D eigenvalue weighted by atomic mass is 16.4. The molecule has 0 aliphatic rings. The zero-order valence-corrected chi connectivity index (χ0v) is 23.0. The van der Waals surface area contributed by atoms with E-state index in [1.807, 2.05) is 0 Å². The van der Waals surface area contributed by atoms with Gasteiger partial charge in [-0.25, -0.2) is 0 Å². The quantitative estimate of drug-likeness (QED) is 0.115. The van der Waals surface area contributed by atoms with E-state index in [9.17, 15) is 0 Å². The monoisotopic (exact) mass is 455 g/mol. The molecule has 3 nitrogen and oxygen atoms in total. The second-order valence-corrected chi connectivity index (χ2v) is 10.0. The molecule has 0 saturated heterocycles. The second-order valence-electron chi connectivity index (χ2n) is 10.0. The fourth-order valence-corrected chi connectivity index (χ4v) is 5.09. The van der Waals surface area contributed by atoms with Gasteiger partial charge in [-0.1, -0.05) is 118 Å². The van der Waals surface area contributed by atoms with Crippen molar-refractivity contribution in [3.63, 3.8) is 0 Å². The summed E-state index contributed by atoms with van der Waals surface area (Å²) in [7, 11) is 0. The number of carboxylic acids is 1. The molecule has 0 heterocycles. The van der Waals surface area contributed by atoms with Crippen LogP contribution >= 0.6 is 0 Å². The SMILES string of the molecule is CC(=O)[O-].CCCCCCCCCCCCCCCCCC[N+](CCC)(CCC)CCC. The first-order valence-corrected chi connectivity index (χ1v) is 14.5. The van der Waals surface area contributed by atoms with E-state index < -0.39 is 5.97 Å². The molecule has 194 valence electrons. The minimum absolute atomic E-state index is 0.972. The lowest BCUT2D eigenvalue weighted by molar-refractivity contribution is -0.928. The minimum Gasteiger partial charge on any atom is -0.550 e. The molecule has 32 heavy (non-hydrogen) atoms. The zero-order valence-electron chi connectivity index (χ0n) is 23.0. The van der Waals surface area contributed by atoms with Crippen molar-refractivity contribution in [2.24, 2.45) is 0 Å². The molecular weight excluding hydrogens is 394 g/mol. The van der Waals surface area contributed by atoms with E-state index in [1.165, 1.54) is 153 Å². The molecule has 0 aliphatic heterocycles. The van der Waals surface area contributed by atoms with Crippen molar-refractivity contribution in [3.8, 4) is 0 Å². The van der Waals surface area contributed by atoms with Crippen molar-refractivity contribution in [1.82, 2.24) is 0 Å². The number of rotatable bonds is 23. The number of carbonyl (C=O) groups is 1. The highest BCUT2D eigenvalue weighted by Crippen LogP contribution is 2.17. The van der Waals surface area contributed by atoms with Crippen molar-refractivity contribution in [1.29, 1.82) is 0 Å². The zero-order chi connectivity index (χ0) is 24.3. The van der Waals surface area contributed by atoms with E-state index in [0.29, 0.717) is 0 Å². The molecule has 0 amide bonds. The van der Waals surface area contributed by atoms with Crippen LogP contribution in [0.15, 0.2) is 0 Å². The van der Waals surface area contributed by atoms with Crippen LogP contribution in [-0.2, 0) is 4.79 Å². The Morgan fingerprint density at radius 2 is 0.719 bits per heavy atom. The average molecular weight is 456 g/mol. The molecule has 0 aromatic rings. The van der Waals surface area contributed by atoms with Crippen LogP contribution in [0.25, 0.3) is 0 Å². The molecule has 0 saturated carbocycles. The Morgan fingerprint density at radius 3 is 0.969 bits per heavy atom. The lowest BCUT2D eigenvalue weighted by Crippen LogP contribution is -2.50. The maximum Gasteiger partial charge on any atom is 0.0786 e. The molecular formula is C29H61NO2. The topological polar surface area (TPSA) is 40.1 Å². The minimum atomic E-state index is -1.08. The predicted octanol–water partition coefficient (Wildman–Crippen LogP) is 8.05. The summed E-state index contributed by atoms with van der Waals surface area (Å²) in [5.41, 5.74) is 0. The molecule has 0 unspecified atom stereocenters. The third kappa shape index (κ3) is 25.7. The van der Waals surface area contributed by atoms with Gasteiger partial charge in [-0.05, 0) is 39.0 Å². The first kappa shape index (κ1) is 33.6. The van der Waals surface area contributed by atoms with Crippen LogP contribution in [0.5, 0.6) is 0 Å². The lowest BCUT2D eigenvalue weighted by atomic mass is 10.0. The highest BCUT2D eigenvalue weighted by Gasteiger charge is 2.23. The van der Waals surface area contributed by atoms with E-state index in [1.54, 1.807) is 0 Å². The molecule has 0 radical (unpaired) electrons. The fraction of sp³-hybridized carbons (Fsp3) is 0.966. The van der Waals surface area contributed by atoms with Gasteiger partial charge in [0.25, 0.3) is 0 Å². The predicted molar refractivity (Wildman–Crippen MR) is 141 cm³/mol. The number of nitrogens with zero attached hydrogens (tertiary/aromatic N) is 1. The largest absolute Gasteiger partial charge is 0.550 e. The lowest BCUT2D eigenvalue weighted by Gasteiger charge is -2.38.